The Kier molecular flexibility index (Phi) is 5.20. The number of ether oxygens (including phenoxy) is 1. The number of rotatable bonds is 6. The normalized spacial score (nSPS) is 14.9. The third-order valence-corrected chi connectivity index (χ3v) is 3.42. The Hall–Kier alpha value is -1.57. The third-order valence-electron chi connectivity index (χ3n) is 3.42. The fraction of sp³-hybridized carbons (Fsp3) is 0.471. The molecule has 1 aromatic rings. The molecule has 0 aromatic heterocycles. The number of hydrogen-bond donors (Lipinski definition) is 0. The summed E-state index contributed by atoms with van der Waals surface area (Å²) >= 11 is 0. The van der Waals surface area contributed by atoms with Gasteiger partial charge in [-0.05, 0) is 44.2 Å². The molecular weight excluding hydrogens is 236 g/mol. The van der Waals surface area contributed by atoms with Gasteiger partial charge in [-0.2, -0.15) is 0 Å². The van der Waals surface area contributed by atoms with Crippen LogP contribution < -0.4 is 4.74 Å². The molecule has 0 spiro atoms. The van der Waals surface area contributed by atoms with Crippen molar-refractivity contribution >= 4 is 5.78 Å². The molecule has 0 saturated carbocycles. The van der Waals surface area contributed by atoms with Gasteiger partial charge < -0.3 is 4.74 Å². The van der Waals surface area contributed by atoms with Crippen molar-refractivity contribution in [3.8, 4) is 5.75 Å². The van der Waals surface area contributed by atoms with E-state index in [9.17, 15) is 4.79 Å². The van der Waals surface area contributed by atoms with Crippen LogP contribution in [0.1, 0.15) is 55.8 Å². The minimum atomic E-state index is 0.180. The predicted octanol–water partition coefficient (Wildman–Crippen LogP) is 4.55. The second kappa shape index (κ2) is 7.13. The van der Waals surface area contributed by atoms with Crippen LogP contribution in [-0.4, -0.2) is 12.4 Å². The van der Waals surface area contributed by atoms with Gasteiger partial charge in [-0.1, -0.05) is 30.7 Å². The second-order valence-electron chi connectivity index (χ2n) is 5.05. The molecule has 0 aliphatic heterocycles. The number of carbonyl (C=O) groups is 1. The van der Waals surface area contributed by atoms with E-state index in [2.05, 4.69) is 13.0 Å². The molecule has 2 nitrogen and oxygen atoms in total. The zero-order valence-corrected chi connectivity index (χ0v) is 11.7. The first-order valence-electron chi connectivity index (χ1n) is 7.24. The molecular formula is C17H22O2. The molecule has 0 N–H and O–H groups in total. The van der Waals surface area contributed by atoms with Crippen LogP contribution in [0.4, 0.5) is 0 Å². The summed E-state index contributed by atoms with van der Waals surface area (Å²) < 4.78 is 5.66. The van der Waals surface area contributed by atoms with Gasteiger partial charge in [-0.25, -0.2) is 0 Å². The van der Waals surface area contributed by atoms with E-state index in [0.29, 0.717) is 13.0 Å². The first-order chi connectivity index (χ1) is 9.31. The number of para-hydroxylation sites is 1. The first kappa shape index (κ1) is 13.9. The van der Waals surface area contributed by atoms with Crippen LogP contribution >= 0.6 is 0 Å². The maximum atomic E-state index is 12.4. The molecule has 0 amide bonds. The van der Waals surface area contributed by atoms with E-state index in [1.54, 1.807) is 0 Å². The van der Waals surface area contributed by atoms with Crippen molar-refractivity contribution in [2.75, 3.05) is 6.61 Å². The van der Waals surface area contributed by atoms with Crippen LogP contribution in [0.15, 0.2) is 35.9 Å². The summed E-state index contributed by atoms with van der Waals surface area (Å²) in [5, 5.41) is 0. The summed E-state index contributed by atoms with van der Waals surface area (Å²) in [5.41, 5.74) is 2.02. The lowest BCUT2D eigenvalue weighted by Crippen LogP contribution is -2.06. The van der Waals surface area contributed by atoms with Gasteiger partial charge in [-0.3, -0.25) is 4.79 Å². The highest BCUT2D eigenvalue weighted by Crippen LogP contribution is 2.25. The van der Waals surface area contributed by atoms with E-state index >= 15 is 0 Å². The molecule has 2 heteroatoms. The Morgan fingerprint density at radius 2 is 2.11 bits per heavy atom. The lowest BCUT2D eigenvalue weighted by molar-refractivity contribution is 0.0987. The van der Waals surface area contributed by atoms with E-state index in [1.165, 1.54) is 18.4 Å². The predicted molar refractivity (Wildman–Crippen MR) is 77.7 cm³/mol. The van der Waals surface area contributed by atoms with Gasteiger partial charge >= 0.3 is 0 Å². The standard InChI is InChI=1S/C17H22O2/c1-2-12-19-17-11-7-6-10-15(17)16(18)13-14-8-4-3-5-9-14/h6-8,10-11H,2-5,9,12-13H2,1H3. The topological polar surface area (TPSA) is 26.3 Å². The smallest absolute Gasteiger partial charge is 0.170 e. The number of hydrogen-bond acceptors (Lipinski definition) is 2. The maximum absolute atomic E-state index is 12.4. The van der Waals surface area contributed by atoms with Crippen molar-refractivity contribution in [1.82, 2.24) is 0 Å². The van der Waals surface area contributed by atoms with Crippen molar-refractivity contribution < 1.29 is 9.53 Å². The van der Waals surface area contributed by atoms with E-state index < -0.39 is 0 Å². The zero-order chi connectivity index (χ0) is 13.5. The van der Waals surface area contributed by atoms with Gasteiger partial charge in [0, 0.05) is 6.42 Å². The average molecular weight is 258 g/mol. The first-order valence-corrected chi connectivity index (χ1v) is 7.24. The molecule has 0 unspecified atom stereocenters. The molecule has 0 fully saturated rings. The average Bonchev–Trinajstić information content (AvgIpc) is 2.46. The highest BCUT2D eigenvalue weighted by atomic mass is 16.5. The number of Topliss-reactive ketones (excluding diaryl/α,β-unsaturated/α-hetero) is 1. The molecule has 1 aromatic carbocycles. The largest absolute Gasteiger partial charge is 0.493 e. The van der Waals surface area contributed by atoms with Crippen molar-refractivity contribution in [3.63, 3.8) is 0 Å². The molecule has 0 saturated heterocycles. The molecule has 1 aliphatic rings. The summed E-state index contributed by atoms with van der Waals surface area (Å²) in [5.74, 6) is 0.908. The van der Waals surface area contributed by atoms with Crippen molar-refractivity contribution in [2.45, 2.75) is 45.4 Å². The third kappa shape index (κ3) is 3.95. The lowest BCUT2D eigenvalue weighted by Gasteiger charge is -2.13. The van der Waals surface area contributed by atoms with E-state index in [0.717, 1.165) is 30.6 Å². The fourth-order valence-electron chi connectivity index (χ4n) is 2.40. The summed E-state index contributed by atoms with van der Waals surface area (Å²) in [7, 11) is 0. The Bertz CT molecular complexity index is 460. The SMILES string of the molecule is CCCOc1ccccc1C(=O)CC1=CCCCC1. The number of allylic oxidation sites excluding steroid dienone is 2. The summed E-state index contributed by atoms with van der Waals surface area (Å²) in [4.78, 5) is 12.4. The van der Waals surface area contributed by atoms with Crippen LogP contribution in [0.5, 0.6) is 5.75 Å². The zero-order valence-electron chi connectivity index (χ0n) is 11.7. The quantitative estimate of drug-likeness (QED) is 0.552. The van der Waals surface area contributed by atoms with Gasteiger partial charge in [-0.15, -0.1) is 0 Å². The van der Waals surface area contributed by atoms with Gasteiger partial charge in [0.15, 0.2) is 5.78 Å². The molecule has 0 radical (unpaired) electrons. The molecule has 0 bridgehead atoms. The molecule has 2 rings (SSSR count). The molecule has 1 aliphatic carbocycles. The Labute approximate surface area is 115 Å². The van der Waals surface area contributed by atoms with Gasteiger partial charge in [0.05, 0.1) is 12.2 Å². The molecule has 0 heterocycles. The van der Waals surface area contributed by atoms with Crippen LogP contribution in [-0.2, 0) is 0 Å². The monoisotopic (exact) mass is 258 g/mol. The van der Waals surface area contributed by atoms with Crippen LogP contribution in [0.3, 0.4) is 0 Å². The summed E-state index contributed by atoms with van der Waals surface area (Å²) in [6.07, 6.45) is 8.40. The Morgan fingerprint density at radius 3 is 2.84 bits per heavy atom. The second-order valence-corrected chi connectivity index (χ2v) is 5.05. The molecule has 19 heavy (non-hydrogen) atoms. The lowest BCUT2D eigenvalue weighted by atomic mass is 9.93. The summed E-state index contributed by atoms with van der Waals surface area (Å²) in [6.45, 7) is 2.73. The van der Waals surface area contributed by atoms with Crippen molar-refractivity contribution in [2.24, 2.45) is 0 Å². The van der Waals surface area contributed by atoms with Gasteiger partial charge in [0.2, 0.25) is 0 Å². The number of benzene rings is 1. The van der Waals surface area contributed by atoms with Crippen LogP contribution in [0.2, 0.25) is 0 Å². The van der Waals surface area contributed by atoms with Crippen LogP contribution in [0, 0.1) is 0 Å². The maximum Gasteiger partial charge on any atom is 0.170 e. The van der Waals surface area contributed by atoms with Gasteiger partial charge in [0.25, 0.3) is 0 Å². The minimum absolute atomic E-state index is 0.180. The Balaban J connectivity index is 2.07. The van der Waals surface area contributed by atoms with Gasteiger partial charge in [0.1, 0.15) is 5.75 Å². The van der Waals surface area contributed by atoms with E-state index in [-0.39, 0.29) is 5.78 Å². The number of carbonyl (C=O) groups excluding carboxylic acids is 1. The molecule has 0 atom stereocenters. The minimum Gasteiger partial charge on any atom is -0.493 e. The highest BCUT2D eigenvalue weighted by Gasteiger charge is 2.14. The Morgan fingerprint density at radius 1 is 1.26 bits per heavy atom. The highest BCUT2D eigenvalue weighted by molar-refractivity contribution is 6.00. The fourth-order valence-corrected chi connectivity index (χ4v) is 2.40. The van der Waals surface area contributed by atoms with E-state index in [4.69, 9.17) is 4.74 Å². The van der Waals surface area contributed by atoms with E-state index in [1.807, 2.05) is 24.3 Å². The van der Waals surface area contributed by atoms with Crippen molar-refractivity contribution in [3.05, 3.63) is 41.5 Å². The van der Waals surface area contributed by atoms with Crippen molar-refractivity contribution in [1.29, 1.82) is 0 Å². The van der Waals surface area contributed by atoms with Crippen LogP contribution in [0.25, 0.3) is 0 Å². The number of ketones is 1. The summed E-state index contributed by atoms with van der Waals surface area (Å²) in [6, 6.07) is 7.58. The molecule has 102 valence electrons.